The Labute approximate surface area is 84.7 Å². The zero-order valence-corrected chi connectivity index (χ0v) is 9.81. The summed E-state index contributed by atoms with van der Waals surface area (Å²) >= 11 is 3.52. The predicted molar refractivity (Wildman–Crippen MR) is 57.8 cm³/mol. The molecule has 1 N–H and O–H groups in total. The molecule has 0 spiro atoms. The van der Waals surface area contributed by atoms with Gasteiger partial charge in [-0.1, -0.05) is 55.5 Å². The van der Waals surface area contributed by atoms with Crippen LogP contribution >= 0.6 is 15.9 Å². The number of aliphatic hydroxyl groups is 1. The fourth-order valence-electron chi connectivity index (χ4n) is 1.19. The lowest BCUT2D eigenvalue weighted by molar-refractivity contribution is 0.156. The third-order valence-corrected chi connectivity index (χ3v) is 3.17. The second-order valence-corrected chi connectivity index (χ2v) is 4.54. The Balaban J connectivity index is 3.39. The first-order chi connectivity index (χ1) is 5.72. The molecule has 0 saturated carbocycles. The van der Waals surface area contributed by atoms with Gasteiger partial charge in [0.15, 0.2) is 0 Å². The van der Waals surface area contributed by atoms with Crippen molar-refractivity contribution in [3.05, 3.63) is 0 Å². The summed E-state index contributed by atoms with van der Waals surface area (Å²) in [6, 6.07) is 0. The molecule has 0 aromatic heterocycles. The van der Waals surface area contributed by atoms with Crippen LogP contribution in [0.15, 0.2) is 0 Å². The molecule has 0 aromatic rings. The largest absolute Gasteiger partial charge is 0.392 e. The first kappa shape index (κ1) is 12.4. The number of unbranched alkanes of at least 4 members (excludes halogenated alkanes) is 2. The number of rotatable bonds is 7. The van der Waals surface area contributed by atoms with Gasteiger partial charge in [-0.05, 0) is 12.8 Å². The maximum Gasteiger partial charge on any atom is 0.0665 e. The highest BCUT2D eigenvalue weighted by atomic mass is 79.9. The molecular weight excluding hydrogens is 216 g/mol. The quantitative estimate of drug-likeness (QED) is 0.672. The second kappa shape index (κ2) is 8.06. The summed E-state index contributed by atoms with van der Waals surface area (Å²) in [6.07, 6.45) is 6.62. The van der Waals surface area contributed by atoms with E-state index < -0.39 is 0 Å². The van der Waals surface area contributed by atoms with E-state index >= 15 is 0 Å². The Kier molecular flexibility index (Phi) is 8.35. The van der Waals surface area contributed by atoms with Crippen molar-refractivity contribution in [3.8, 4) is 0 Å². The summed E-state index contributed by atoms with van der Waals surface area (Å²) in [4.78, 5) is 0.309. The van der Waals surface area contributed by atoms with Gasteiger partial charge < -0.3 is 5.11 Å². The van der Waals surface area contributed by atoms with Gasteiger partial charge in [0.05, 0.1) is 6.10 Å². The zero-order chi connectivity index (χ0) is 9.40. The summed E-state index contributed by atoms with van der Waals surface area (Å²) in [5, 5.41) is 9.63. The molecule has 12 heavy (non-hydrogen) atoms. The van der Waals surface area contributed by atoms with Crippen molar-refractivity contribution in [2.24, 2.45) is 0 Å². The second-order valence-electron chi connectivity index (χ2n) is 3.37. The molecule has 0 aliphatic rings. The van der Waals surface area contributed by atoms with E-state index in [4.69, 9.17) is 0 Å². The molecule has 0 unspecified atom stereocenters. The van der Waals surface area contributed by atoms with Crippen LogP contribution in [0.1, 0.15) is 52.4 Å². The molecule has 0 aliphatic carbocycles. The van der Waals surface area contributed by atoms with Crippen LogP contribution in [0.3, 0.4) is 0 Å². The summed E-state index contributed by atoms with van der Waals surface area (Å²) in [5.41, 5.74) is 0. The molecular formula is C10H21BrO. The van der Waals surface area contributed by atoms with E-state index in [1.54, 1.807) is 0 Å². The van der Waals surface area contributed by atoms with Gasteiger partial charge in [-0.15, -0.1) is 0 Å². The summed E-state index contributed by atoms with van der Waals surface area (Å²) in [7, 11) is 0. The Bertz CT molecular complexity index is 83.8. The minimum Gasteiger partial charge on any atom is -0.392 e. The van der Waals surface area contributed by atoms with E-state index in [-0.39, 0.29) is 6.10 Å². The van der Waals surface area contributed by atoms with Gasteiger partial charge in [-0.25, -0.2) is 0 Å². The molecule has 0 aromatic carbocycles. The molecule has 0 radical (unpaired) electrons. The lowest BCUT2D eigenvalue weighted by atomic mass is 10.1. The van der Waals surface area contributed by atoms with E-state index in [1.807, 2.05) is 0 Å². The zero-order valence-electron chi connectivity index (χ0n) is 8.22. The van der Waals surface area contributed by atoms with Gasteiger partial charge in [-0.3, -0.25) is 0 Å². The summed E-state index contributed by atoms with van der Waals surface area (Å²) in [5.74, 6) is 0. The smallest absolute Gasteiger partial charge is 0.0665 e. The molecule has 2 heteroatoms. The Morgan fingerprint density at radius 1 is 1.08 bits per heavy atom. The van der Waals surface area contributed by atoms with Crippen LogP contribution in [0.5, 0.6) is 0 Å². The standard InChI is InChI=1S/C10H21BrO/c1-3-5-7-9(11)10(12)8-6-4-2/h9-10,12H,3-8H2,1-2H3/t9-,10+/m1/s1. The molecule has 1 nitrogen and oxygen atoms in total. The number of alkyl halides is 1. The van der Waals surface area contributed by atoms with Crippen molar-refractivity contribution in [1.82, 2.24) is 0 Å². The summed E-state index contributed by atoms with van der Waals surface area (Å²) < 4.78 is 0. The Morgan fingerprint density at radius 3 is 2.08 bits per heavy atom. The normalized spacial score (nSPS) is 16.0. The third kappa shape index (κ3) is 6.01. The van der Waals surface area contributed by atoms with Crippen molar-refractivity contribution in [2.75, 3.05) is 0 Å². The molecule has 0 rings (SSSR count). The van der Waals surface area contributed by atoms with E-state index in [0.717, 1.165) is 19.3 Å². The number of hydrogen-bond acceptors (Lipinski definition) is 1. The molecule has 2 atom stereocenters. The van der Waals surface area contributed by atoms with Crippen LogP contribution < -0.4 is 0 Å². The van der Waals surface area contributed by atoms with Crippen LogP contribution in [-0.2, 0) is 0 Å². The first-order valence-electron chi connectivity index (χ1n) is 5.04. The molecule has 0 heterocycles. The fraction of sp³-hybridized carbons (Fsp3) is 1.00. The maximum atomic E-state index is 9.63. The maximum absolute atomic E-state index is 9.63. The number of aliphatic hydroxyl groups excluding tert-OH is 1. The minimum atomic E-state index is -0.142. The van der Waals surface area contributed by atoms with Gasteiger partial charge in [0.2, 0.25) is 0 Å². The van der Waals surface area contributed by atoms with Crippen LogP contribution in [0.2, 0.25) is 0 Å². The minimum absolute atomic E-state index is 0.142. The molecule has 74 valence electrons. The monoisotopic (exact) mass is 236 g/mol. The van der Waals surface area contributed by atoms with E-state index in [1.165, 1.54) is 19.3 Å². The predicted octanol–water partition coefficient (Wildman–Crippen LogP) is 3.49. The topological polar surface area (TPSA) is 20.2 Å². The number of halogens is 1. The van der Waals surface area contributed by atoms with Gasteiger partial charge in [-0.2, -0.15) is 0 Å². The van der Waals surface area contributed by atoms with Crippen molar-refractivity contribution < 1.29 is 5.11 Å². The van der Waals surface area contributed by atoms with Crippen LogP contribution in [-0.4, -0.2) is 16.0 Å². The Hall–Kier alpha value is 0.440. The molecule has 0 amide bonds. The van der Waals surface area contributed by atoms with Gasteiger partial charge in [0, 0.05) is 4.83 Å². The lowest BCUT2D eigenvalue weighted by Crippen LogP contribution is -2.19. The van der Waals surface area contributed by atoms with Gasteiger partial charge >= 0.3 is 0 Å². The van der Waals surface area contributed by atoms with Crippen molar-refractivity contribution in [3.63, 3.8) is 0 Å². The summed E-state index contributed by atoms with van der Waals surface area (Å²) in [6.45, 7) is 4.33. The Morgan fingerprint density at radius 2 is 1.58 bits per heavy atom. The average Bonchev–Trinajstić information content (AvgIpc) is 2.10. The SMILES string of the molecule is CCCC[C@@H](Br)[C@@H](O)CCCC. The molecule has 0 aliphatic heterocycles. The lowest BCUT2D eigenvalue weighted by Gasteiger charge is -2.16. The van der Waals surface area contributed by atoms with Crippen molar-refractivity contribution in [1.29, 1.82) is 0 Å². The van der Waals surface area contributed by atoms with E-state index in [2.05, 4.69) is 29.8 Å². The highest BCUT2D eigenvalue weighted by Gasteiger charge is 2.13. The van der Waals surface area contributed by atoms with Crippen molar-refractivity contribution >= 4 is 15.9 Å². The van der Waals surface area contributed by atoms with E-state index in [9.17, 15) is 5.11 Å². The van der Waals surface area contributed by atoms with Crippen LogP contribution in [0.25, 0.3) is 0 Å². The van der Waals surface area contributed by atoms with Crippen LogP contribution in [0, 0.1) is 0 Å². The highest BCUT2D eigenvalue weighted by molar-refractivity contribution is 9.09. The number of hydrogen-bond donors (Lipinski definition) is 1. The molecule has 0 fully saturated rings. The van der Waals surface area contributed by atoms with E-state index in [0.29, 0.717) is 4.83 Å². The average molecular weight is 237 g/mol. The van der Waals surface area contributed by atoms with Crippen LogP contribution in [0.4, 0.5) is 0 Å². The fourth-order valence-corrected chi connectivity index (χ4v) is 1.77. The molecule has 0 saturated heterocycles. The first-order valence-corrected chi connectivity index (χ1v) is 5.96. The van der Waals surface area contributed by atoms with Crippen molar-refractivity contribution in [2.45, 2.75) is 63.3 Å². The van der Waals surface area contributed by atoms with Gasteiger partial charge in [0.1, 0.15) is 0 Å². The highest BCUT2D eigenvalue weighted by Crippen LogP contribution is 2.17. The molecule has 0 bridgehead atoms. The van der Waals surface area contributed by atoms with Gasteiger partial charge in [0.25, 0.3) is 0 Å². The third-order valence-electron chi connectivity index (χ3n) is 2.10.